The molecule has 2 N–H and O–H groups in total. The third kappa shape index (κ3) is 3.23. The van der Waals surface area contributed by atoms with Crippen molar-refractivity contribution in [2.24, 2.45) is 0 Å². The summed E-state index contributed by atoms with van der Waals surface area (Å²) in [7, 11) is 0. The van der Waals surface area contributed by atoms with Crippen molar-refractivity contribution in [3.05, 3.63) is 74.3 Å². The Hall–Kier alpha value is -2.28. The van der Waals surface area contributed by atoms with Crippen molar-refractivity contribution < 1.29 is 0 Å². The van der Waals surface area contributed by atoms with Crippen LogP contribution in [0.2, 0.25) is 0 Å². The summed E-state index contributed by atoms with van der Waals surface area (Å²) in [6, 6.07) is 14.3. The van der Waals surface area contributed by atoms with E-state index in [0.717, 1.165) is 16.0 Å². The number of rotatable bonds is 5. The van der Waals surface area contributed by atoms with Gasteiger partial charge in [0.15, 0.2) is 0 Å². The van der Waals surface area contributed by atoms with Gasteiger partial charge in [0.2, 0.25) is 0 Å². The second-order valence-corrected chi connectivity index (χ2v) is 8.11. The number of hydrogen-bond acceptors (Lipinski definition) is 5. The van der Waals surface area contributed by atoms with E-state index in [1.807, 2.05) is 48.7 Å². The van der Waals surface area contributed by atoms with Gasteiger partial charge >= 0.3 is 0 Å². The van der Waals surface area contributed by atoms with Gasteiger partial charge in [0.05, 0.1) is 11.4 Å². The van der Waals surface area contributed by atoms with E-state index in [1.54, 1.807) is 11.3 Å². The van der Waals surface area contributed by atoms with Crippen LogP contribution in [0.3, 0.4) is 0 Å². The summed E-state index contributed by atoms with van der Waals surface area (Å²) in [6.45, 7) is 4.15. The van der Waals surface area contributed by atoms with Crippen LogP contribution in [-0.2, 0) is 0 Å². The second kappa shape index (κ2) is 7.15. The Kier molecular flexibility index (Phi) is 4.72. The fourth-order valence-corrected chi connectivity index (χ4v) is 4.77. The van der Waals surface area contributed by atoms with Crippen LogP contribution in [0.5, 0.6) is 0 Å². The first-order chi connectivity index (χ1) is 12.6. The summed E-state index contributed by atoms with van der Waals surface area (Å²) < 4.78 is 0. The van der Waals surface area contributed by atoms with Gasteiger partial charge in [-0.3, -0.25) is 4.79 Å². The number of nitrogens with one attached hydrogen (secondary N) is 2. The molecule has 1 aromatic carbocycles. The zero-order chi connectivity index (χ0) is 18.1. The van der Waals surface area contributed by atoms with Crippen molar-refractivity contribution in [2.45, 2.75) is 25.9 Å². The number of benzene rings is 1. The Balaban J connectivity index is 1.67. The highest BCUT2D eigenvalue weighted by molar-refractivity contribution is 7.17. The Labute approximate surface area is 159 Å². The van der Waals surface area contributed by atoms with Crippen molar-refractivity contribution in [2.75, 3.05) is 0 Å². The first-order valence-corrected chi connectivity index (χ1v) is 10.3. The molecule has 26 heavy (non-hydrogen) atoms. The SMILES string of the molecule is C[C@H](N[C@H](C)c1nc2scc(-c3ccccc3)c2c(=O)[nH]1)c1cccs1. The van der Waals surface area contributed by atoms with E-state index in [1.165, 1.54) is 16.2 Å². The predicted octanol–water partition coefficient (Wildman–Crippen LogP) is 5.12. The van der Waals surface area contributed by atoms with E-state index in [-0.39, 0.29) is 17.6 Å². The Bertz CT molecular complexity index is 1070. The highest BCUT2D eigenvalue weighted by Crippen LogP contribution is 2.31. The molecule has 0 spiro atoms. The van der Waals surface area contributed by atoms with Gasteiger partial charge < -0.3 is 10.3 Å². The lowest BCUT2D eigenvalue weighted by molar-refractivity contribution is 0.482. The molecule has 0 saturated carbocycles. The van der Waals surface area contributed by atoms with Gasteiger partial charge in [-0.25, -0.2) is 4.98 Å². The normalized spacial score (nSPS) is 13.8. The van der Waals surface area contributed by atoms with Gasteiger partial charge in [-0.1, -0.05) is 36.4 Å². The number of thiophene rings is 2. The van der Waals surface area contributed by atoms with Crippen LogP contribution in [0, 0.1) is 0 Å². The number of fused-ring (bicyclic) bond motifs is 1. The zero-order valence-corrected chi connectivity index (χ0v) is 16.2. The molecule has 4 rings (SSSR count). The van der Waals surface area contributed by atoms with Gasteiger partial charge in [0.25, 0.3) is 5.56 Å². The average molecular weight is 382 g/mol. The minimum absolute atomic E-state index is 0.0496. The van der Waals surface area contributed by atoms with Crippen LogP contribution in [0.1, 0.15) is 36.6 Å². The number of nitrogens with zero attached hydrogens (tertiary/aromatic N) is 1. The molecule has 0 bridgehead atoms. The molecular weight excluding hydrogens is 362 g/mol. The van der Waals surface area contributed by atoms with Gasteiger partial charge in [0, 0.05) is 21.9 Å². The average Bonchev–Trinajstić information content (AvgIpc) is 3.32. The molecule has 0 aliphatic carbocycles. The molecule has 3 heterocycles. The highest BCUT2D eigenvalue weighted by Gasteiger charge is 2.17. The van der Waals surface area contributed by atoms with E-state index in [2.05, 4.69) is 28.7 Å². The quantitative estimate of drug-likeness (QED) is 0.504. The fraction of sp³-hybridized carbons (Fsp3) is 0.200. The maximum Gasteiger partial charge on any atom is 0.260 e. The first kappa shape index (κ1) is 17.1. The summed E-state index contributed by atoms with van der Waals surface area (Å²) >= 11 is 3.24. The van der Waals surface area contributed by atoms with Crippen LogP contribution in [0.4, 0.5) is 0 Å². The monoisotopic (exact) mass is 381 g/mol. The van der Waals surface area contributed by atoms with Gasteiger partial charge in [-0.15, -0.1) is 22.7 Å². The molecule has 6 heteroatoms. The molecule has 0 fully saturated rings. The largest absolute Gasteiger partial charge is 0.309 e. The summed E-state index contributed by atoms with van der Waals surface area (Å²) in [5, 5.41) is 8.26. The molecule has 2 atom stereocenters. The lowest BCUT2D eigenvalue weighted by Crippen LogP contribution is -2.25. The zero-order valence-electron chi connectivity index (χ0n) is 14.5. The maximum absolute atomic E-state index is 12.8. The molecule has 0 aliphatic heterocycles. The minimum atomic E-state index is -0.0810. The molecule has 0 saturated heterocycles. The molecule has 0 aliphatic rings. The molecule has 0 radical (unpaired) electrons. The van der Waals surface area contributed by atoms with Gasteiger partial charge in [-0.2, -0.15) is 0 Å². The van der Waals surface area contributed by atoms with Crippen molar-refractivity contribution in [1.82, 2.24) is 15.3 Å². The summed E-state index contributed by atoms with van der Waals surface area (Å²) in [5.74, 6) is 0.673. The summed E-state index contributed by atoms with van der Waals surface area (Å²) in [6.07, 6.45) is 0. The number of aromatic amines is 1. The van der Waals surface area contributed by atoms with Crippen molar-refractivity contribution >= 4 is 32.9 Å². The third-order valence-corrected chi connectivity index (χ3v) is 6.35. The van der Waals surface area contributed by atoms with Crippen molar-refractivity contribution in [3.8, 4) is 11.1 Å². The first-order valence-electron chi connectivity index (χ1n) is 8.50. The van der Waals surface area contributed by atoms with E-state index in [9.17, 15) is 4.79 Å². The Morgan fingerprint density at radius 3 is 2.58 bits per heavy atom. The number of aromatic nitrogens is 2. The van der Waals surface area contributed by atoms with Crippen molar-refractivity contribution in [1.29, 1.82) is 0 Å². The summed E-state index contributed by atoms with van der Waals surface area (Å²) in [4.78, 5) is 22.5. The number of hydrogen-bond donors (Lipinski definition) is 2. The van der Waals surface area contributed by atoms with E-state index < -0.39 is 0 Å². The molecule has 0 amide bonds. The topological polar surface area (TPSA) is 57.8 Å². The van der Waals surface area contributed by atoms with Crippen LogP contribution < -0.4 is 10.9 Å². The number of H-pyrrole nitrogens is 1. The Morgan fingerprint density at radius 1 is 1.04 bits per heavy atom. The molecule has 132 valence electrons. The molecule has 4 aromatic rings. The minimum Gasteiger partial charge on any atom is -0.309 e. The molecule has 0 unspecified atom stereocenters. The van der Waals surface area contributed by atoms with E-state index in [0.29, 0.717) is 11.2 Å². The molecule has 3 aromatic heterocycles. The van der Waals surface area contributed by atoms with E-state index >= 15 is 0 Å². The van der Waals surface area contributed by atoms with Crippen LogP contribution >= 0.6 is 22.7 Å². The fourth-order valence-electron chi connectivity index (χ4n) is 3.07. The highest BCUT2D eigenvalue weighted by atomic mass is 32.1. The smallest absolute Gasteiger partial charge is 0.260 e. The van der Waals surface area contributed by atoms with E-state index in [4.69, 9.17) is 4.98 Å². The predicted molar refractivity (Wildman–Crippen MR) is 110 cm³/mol. The van der Waals surface area contributed by atoms with Gasteiger partial charge in [0.1, 0.15) is 10.7 Å². The standard InChI is InChI=1S/C20H19N3OS2/c1-12(16-9-6-10-25-16)21-13(2)18-22-19(24)17-15(11-26-20(17)23-18)14-7-4-3-5-8-14/h3-13,21H,1-2H3,(H,22,23,24)/t12-,13+/m0/s1. The maximum atomic E-state index is 12.8. The second-order valence-electron chi connectivity index (χ2n) is 6.27. The van der Waals surface area contributed by atoms with Crippen molar-refractivity contribution in [3.63, 3.8) is 0 Å². The molecule has 4 nitrogen and oxygen atoms in total. The van der Waals surface area contributed by atoms with Crippen LogP contribution in [-0.4, -0.2) is 9.97 Å². The van der Waals surface area contributed by atoms with Crippen LogP contribution in [0.15, 0.2) is 58.0 Å². The summed E-state index contributed by atoms with van der Waals surface area (Å²) in [5.41, 5.74) is 1.90. The molecular formula is C20H19N3OS2. The van der Waals surface area contributed by atoms with Crippen LogP contribution in [0.25, 0.3) is 21.3 Å². The Morgan fingerprint density at radius 2 is 1.85 bits per heavy atom. The van der Waals surface area contributed by atoms with Gasteiger partial charge in [-0.05, 0) is 30.9 Å². The lowest BCUT2D eigenvalue weighted by atomic mass is 10.1. The third-order valence-electron chi connectivity index (χ3n) is 4.43. The lowest BCUT2D eigenvalue weighted by Gasteiger charge is -2.18.